The number of rotatable bonds is 8. The lowest BCUT2D eigenvalue weighted by Crippen LogP contribution is -2.53. The third-order valence-electron chi connectivity index (χ3n) is 4.61. The van der Waals surface area contributed by atoms with Crippen LogP contribution in [0.25, 0.3) is 0 Å². The standard InChI is InChI=1S/C16H33N3O2/c1-6-17-16(4,15(20)21-5)9-8-10-18-11-12-19(7-2)14(3)13-18/h14,17H,6-13H2,1-5H3. The average Bonchev–Trinajstić information content (AvgIpc) is 2.47. The number of methoxy groups -OCH3 is 1. The SMILES string of the molecule is CCNC(C)(CCCN1CCN(CC)C(C)C1)C(=O)OC. The summed E-state index contributed by atoms with van der Waals surface area (Å²) in [7, 11) is 1.46. The minimum atomic E-state index is -0.555. The summed E-state index contributed by atoms with van der Waals surface area (Å²) in [6.07, 6.45) is 1.83. The fourth-order valence-electron chi connectivity index (χ4n) is 3.28. The van der Waals surface area contributed by atoms with Crippen molar-refractivity contribution in [2.45, 2.75) is 52.1 Å². The fourth-order valence-corrected chi connectivity index (χ4v) is 3.28. The van der Waals surface area contributed by atoms with Crippen molar-refractivity contribution in [2.24, 2.45) is 0 Å². The van der Waals surface area contributed by atoms with Crippen LogP contribution in [0.15, 0.2) is 0 Å². The zero-order valence-corrected chi connectivity index (χ0v) is 14.4. The summed E-state index contributed by atoms with van der Waals surface area (Å²) >= 11 is 0. The second-order valence-electron chi connectivity index (χ2n) is 6.24. The maximum atomic E-state index is 11.9. The molecule has 0 spiro atoms. The Morgan fingerprint density at radius 2 is 2.10 bits per heavy atom. The Kier molecular flexibility index (Phi) is 7.63. The molecule has 2 unspecified atom stereocenters. The van der Waals surface area contributed by atoms with E-state index in [4.69, 9.17) is 4.74 Å². The molecular weight excluding hydrogens is 266 g/mol. The Bertz CT molecular complexity index is 325. The highest BCUT2D eigenvalue weighted by Crippen LogP contribution is 2.16. The number of hydrogen-bond donors (Lipinski definition) is 1. The third-order valence-corrected chi connectivity index (χ3v) is 4.61. The number of hydrogen-bond acceptors (Lipinski definition) is 5. The third kappa shape index (κ3) is 5.24. The molecule has 0 bridgehead atoms. The van der Waals surface area contributed by atoms with E-state index >= 15 is 0 Å². The highest BCUT2D eigenvalue weighted by molar-refractivity contribution is 5.80. The number of carbonyl (C=O) groups excluding carboxylic acids is 1. The monoisotopic (exact) mass is 299 g/mol. The maximum absolute atomic E-state index is 11.9. The Labute approximate surface area is 130 Å². The summed E-state index contributed by atoms with van der Waals surface area (Å²) in [6.45, 7) is 14.9. The normalized spacial score (nSPS) is 23.8. The van der Waals surface area contributed by atoms with Gasteiger partial charge in [-0.05, 0) is 46.3 Å². The molecule has 0 aromatic rings. The van der Waals surface area contributed by atoms with Crippen molar-refractivity contribution >= 4 is 5.97 Å². The molecule has 5 heteroatoms. The van der Waals surface area contributed by atoms with Gasteiger partial charge in [0.15, 0.2) is 0 Å². The van der Waals surface area contributed by atoms with Crippen molar-refractivity contribution in [2.75, 3.05) is 46.4 Å². The van der Waals surface area contributed by atoms with Crippen LogP contribution in [0.4, 0.5) is 0 Å². The zero-order chi connectivity index (χ0) is 15.9. The van der Waals surface area contributed by atoms with Crippen LogP contribution in [0.1, 0.15) is 40.5 Å². The molecule has 2 atom stereocenters. The Balaban J connectivity index is 2.39. The summed E-state index contributed by atoms with van der Waals surface area (Å²) in [4.78, 5) is 17.0. The first kappa shape index (κ1) is 18.4. The predicted molar refractivity (Wildman–Crippen MR) is 86.5 cm³/mol. The van der Waals surface area contributed by atoms with Crippen LogP contribution in [0, 0.1) is 0 Å². The molecule has 0 saturated carbocycles. The molecule has 124 valence electrons. The van der Waals surface area contributed by atoms with Gasteiger partial charge in [-0.15, -0.1) is 0 Å². The number of carbonyl (C=O) groups is 1. The Morgan fingerprint density at radius 3 is 2.62 bits per heavy atom. The molecule has 1 N–H and O–H groups in total. The van der Waals surface area contributed by atoms with Crippen LogP contribution in [-0.4, -0.2) is 73.7 Å². The van der Waals surface area contributed by atoms with Gasteiger partial charge in [-0.2, -0.15) is 0 Å². The molecule has 1 rings (SSSR count). The predicted octanol–water partition coefficient (Wildman–Crippen LogP) is 1.33. The molecule has 0 amide bonds. The molecule has 0 aromatic heterocycles. The van der Waals surface area contributed by atoms with E-state index in [1.807, 2.05) is 13.8 Å². The largest absolute Gasteiger partial charge is 0.468 e. The average molecular weight is 299 g/mol. The van der Waals surface area contributed by atoms with Gasteiger partial charge < -0.3 is 15.0 Å². The molecule has 5 nitrogen and oxygen atoms in total. The molecule has 0 radical (unpaired) electrons. The molecule has 1 fully saturated rings. The summed E-state index contributed by atoms with van der Waals surface area (Å²) < 4.78 is 4.93. The summed E-state index contributed by atoms with van der Waals surface area (Å²) in [5.74, 6) is -0.159. The molecule has 1 heterocycles. The number of nitrogens with one attached hydrogen (secondary N) is 1. The highest BCUT2D eigenvalue weighted by atomic mass is 16.5. The van der Waals surface area contributed by atoms with E-state index in [0.29, 0.717) is 6.04 Å². The van der Waals surface area contributed by atoms with Gasteiger partial charge in [0.2, 0.25) is 0 Å². The zero-order valence-electron chi connectivity index (χ0n) is 14.4. The summed E-state index contributed by atoms with van der Waals surface area (Å²) in [5, 5.41) is 3.27. The number of ether oxygens (including phenoxy) is 1. The fraction of sp³-hybridized carbons (Fsp3) is 0.938. The van der Waals surface area contributed by atoms with Gasteiger partial charge in [0.05, 0.1) is 7.11 Å². The first-order valence-corrected chi connectivity index (χ1v) is 8.26. The van der Waals surface area contributed by atoms with E-state index < -0.39 is 5.54 Å². The van der Waals surface area contributed by atoms with E-state index in [1.54, 1.807) is 0 Å². The van der Waals surface area contributed by atoms with Crippen LogP contribution >= 0.6 is 0 Å². The maximum Gasteiger partial charge on any atom is 0.325 e. The van der Waals surface area contributed by atoms with Crippen molar-refractivity contribution in [3.8, 4) is 0 Å². The van der Waals surface area contributed by atoms with Gasteiger partial charge in [-0.1, -0.05) is 13.8 Å². The second kappa shape index (κ2) is 8.71. The van der Waals surface area contributed by atoms with Crippen molar-refractivity contribution in [1.82, 2.24) is 15.1 Å². The first-order valence-electron chi connectivity index (χ1n) is 8.26. The Morgan fingerprint density at radius 1 is 1.38 bits per heavy atom. The minimum Gasteiger partial charge on any atom is -0.468 e. The van der Waals surface area contributed by atoms with Gasteiger partial charge in [-0.3, -0.25) is 9.69 Å². The smallest absolute Gasteiger partial charge is 0.325 e. The lowest BCUT2D eigenvalue weighted by atomic mass is 9.95. The lowest BCUT2D eigenvalue weighted by Gasteiger charge is -2.39. The topological polar surface area (TPSA) is 44.8 Å². The molecule has 1 aliphatic rings. The molecule has 0 aliphatic carbocycles. The van der Waals surface area contributed by atoms with Crippen LogP contribution in [0.5, 0.6) is 0 Å². The molecular formula is C16H33N3O2. The molecule has 21 heavy (non-hydrogen) atoms. The van der Waals surface area contributed by atoms with E-state index in [-0.39, 0.29) is 5.97 Å². The van der Waals surface area contributed by atoms with E-state index in [1.165, 1.54) is 7.11 Å². The van der Waals surface area contributed by atoms with Crippen molar-refractivity contribution < 1.29 is 9.53 Å². The highest BCUT2D eigenvalue weighted by Gasteiger charge is 2.33. The van der Waals surface area contributed by atoms with Gasteiger partial charge in [0.25, 0.3) is 0 Å². The van der Waals surface area contributed by atoms with Crippen LogP contribution in [0.2, 0.25) is 0 Å². The molecule has 0 aromatic carbocycles. The summed E-state index contributed by atoms with van der Waals surface area (Å²) in [5.41, 5.74) is -0.555. The van der Waals surface area contributed by atoms with Gasteiger partial charge in [0, 0.05) is 25.7 Å². The van der Waals surface area contributed by atoms with Gasteiger partial charge in [-0.25, -0.2) is 0 Å². The van der Waals surface area contributed by atoms with E-state index in [0.717, 1.165) is 52.1 Å². The summed E-state index contributed by atoms with van der Waals surface area (Å²) in [6, 6.07) is 0.629. The quantitative estimate of drug-likeness (QED) is 0.685. The van der Waals surface area contributed by atoms with E-state index in [2.05, 4.69) is 29.0 Å². The number of piperazine rings is 1. The van der Waals surface area contributed by atoms with Gasteiger partial charge >= 0.3 is 5.97 Å². The lowest BCUT2D eigenvalue weighted by molar-refractivity contribution is -0.148. The van der Waals surface area contributed by atoms with Crippen molar-refractivity contribution in [3.63, 3.8) is 0 Å². The second-order valence-corrected chi connectivity index (χ2v) is 6.24. The minimum absolute atomic E-state index is 0.159. The van der Waals surface area contributed by atoms with Crippen LogP contribution in [-0.2, 0) is 9.53 Å². The van der Waals surface area contributed by atoms with Crippen LogP contribution in [0.3, 0.4) is 0 Å². The number of likely N-dealkylation sites (N-methyl/N-ethyl adjacent to an activating group) is 2. The van der Waals surface area contributed by atoms with Crippen LogP contribution < -0.4 is 5.32 Å². The Hall–Kier alpha value is -0.650. The number of nitrogens with zero attached hydrogens (tertiary/aromatic N) is 2. The molecule has 1 aliphatic heterocycles. The number of esters is 1. The first-order chi connectivity index (χ1) is 9.96. The molecule has 1 saturated heterocycles. The van der Waals surface area contributed by atoms with Crippen molar-refractivity contribution in [1.29, 1.82) is 0 Å². The van der Waals surface area contributed by atoms with E-state index in [9.17, 15) is 4.79 Å². The van der Waals surface area contributed by atoms with Crippen molar-refractivity contribution in [3.05, 3.63) is 0 Å². The van der Waals surface area contributed by atoms with Gasteiger partial charge in [0.1, 0.15) is 5.54 Å².